The fourth-order valence-electron chi connectivity index (χ4n) is 2.91. The van der Waals surface area contributed by atoms with Crippen molar-refractivity contribution in [2.24, 2.45) is 4.99 Å². The molecule has 3 N–H and O–H groups in total. The molecule has 38 heavy (non-hydrogen) atoms. The number of amides is 3. The summed E-state index contributed by atoms with van der Waals surface area (Å²) in [6.45, 7) is 11.2. The Labute approximate surface area is 225 Å². The quantitative estimate of drug-likeness (QED) is 0.175. The maximum Gasteiger partial charge on any atom is 0.414 e. The molecular formula is C27H42N4O7. The van der Waals surface area contributed by atoms with Crippen molar-refractivity contribution in [3.8, 4) is 11.5 Å². The first-order chi connectivity index (χ1) is 17.7. The lowest BCUT2D eigenvalue weighted by Crippen LogP contribution is -2.47. The van der Waals surface area contributed by atoms with Gasteiger partial charge in [0.2, 0.25) is 11.9 Å². The maximum atomic E-state index is 12.1. The third-order valence-corrected chi connectivity index (χ3v) is 4.48. The van der Waals surface area contributed by atoms with Gasteiger partial charge in [-0.05, 0) is 84.6 Å². The zero-order valence-electron chi connectivity index (χ0n) is 23.7. The minimum atomic E-state index is -0.740. The zero-order chi connectivity index (χ0) is 28.8. The van der Waals surface area contributed by atoms with Crippen LogP contribution in [-0.4, -0.2) is 62.6 Å². The Morgan fingerprint density at radius 3 is 1.95 bits per heavy atom. The minimum absolute atomic E-state index is 0.0536. The number of unbranched alkanes of at least 4 members (excludes halogenated alkanes) is 2. The van der Waals surface area contributed by atoms with Crippen molar-refractivity contribution in [1.29, 1.82) is 0 Å². The van der Waals surface area contributed by atoms with Crippen LogP contribution in [0, 0.1) is 0 Å². The van der Waals surface area contributed by atoms with Crippen LogP contribution in [0.2, 0.25) is 0 Å². The maximum absolute atomic E-state index is 12.1. The molecule has 1 aromatic carbocycles. The van der Waals surface area contributed by atoms with Crippen molar-refractivity contribution in [2.75, 3.05) is 27.3 Å². The molecule has 0 radical (unpaired) electrons. The van der Waals surface area contributed by atoms with Gasteiger partial charge in [0.1, 0.15) is 11.2 Å². The summed E-state index contributed by atoms with van der Waals surface area (Å²) in [6, 6.07) is 5.39. The molecular weight excluding hydrogens is 492 g/mol. The Bertz CT molecular complexity index is 960. The van der Waals surface area contributed by atoms with Crippen molar-refractivity contribution in [1.82, 2.24) is 16.0 Å². The molecule has 212 valence electrons. The fraction of sp³-hybridized carbons (Fsp3) is 0.556. The van der Waals surface area contributed by atoms with Crippen molar-refractivity contribution < 1.29 is 33.3 Å². The lowest BCUT2D eigenvalue weighted by molar-refractivity contribution is -0.116. The van der Waals surface area contributed by atoms with Gasteiger partial charge in [-0.2, -0.15) is 0 Å². The molecule has 0 heterocycles. The number of ether oxygens (including phenoxy) is 4. The largest absolute Gasteiger partial charge is 0.493 e. The SMILES string of the molecule is COc1ccc(/C=C/C(=O)NCCCCCN=C(NC(=O)OC(C)(C)C)NC(=O)OC(C)(C)C)cc1OC. The Morgan fingerprint density at radius 1 is 0.842 bits per heavy atom. The standard InChI is InChI=1S/C27H42N4O7/c1-26(2,3)37-24(33)30-23(31-25(34)38-27(4,5)6)29-17-11-9-10-16-28-22(32)15-13-19-12-14-20(35-7)21(18-19)36-8/h12-15,18H,9-11,16-17H2,1-8H3,(H,28,32)(H2,29,30,31,33,34)/b15-13+. The summed E-state index contributed by atoms with van der Waals surface area (Å²) in [5.41, 5.74) is -0.601. The van der Waals surface area contributed by atoms with E-state index in [2.05, 4.69) is 20.9 Å². The second kappa shape index (κ2) is 15.5. The van der Waals surface area contributed by atoms with Gasteiger partial charge in [0.05, 0.1) is 14.2 Å². The van der Waals surface area contributed by atoms with Crippen LogP contribution < -0.4 is 25.4 Å². The Morgan fingerprint density at radius 2 is 1.42 bits per heavy atom. The van der Waals surface area contributed by atoms with Gasteiger partial charge in [-0.25, -0.2) is 9.59 Å². The number of benzene rings is 1. The second-order valence-electron chi connectivity index (χ2n) is 10.3. The number of hydrogen-bond acceptors (Lipinski definition) is 8. The summed E-state index contributed by atoms with van der Waals surface area (Å²) in [5, 5.41) is 7.73. The highest BCUT2D eigenvalue weighted by atomic mass is 16.6. The van der Waals surface area contributed by atoms with E-state index in [0.29, 0.717) is 31.0 Å². The smallest absolute Gasteiger partial charge is 0.414 e. The minimum Gasteiger partial charge on any atom is -0.493 e. The molecule has 0 aliphatic heterocycles. The molecule has 1 rings (SSSR count). The first-order valence-corrected chi connectivity index (χ1v) is 12.4. The van der Waals surface area contributed by atoms with E-state index in [-0.39, 0.29) is 11.9 Å². The molecule has 0 saturated heterocycles. The van der Waals surface area contributed by atoms with Gasteiger partial charge in [0.15, 0.2) is 11.5 Å². The zero-order valence-corrected chi connectivity index (χ0v) is 23.7. The molecule has 0 atom stereocenters. The average molecular weight is 535 g/mol. The number of alkyl carbamates (subject to hydrolysis) is 2. The number of nitrogens with one attached hydrogen (secondary N) is 3. The van der Waals surface area contributed by atoms with Crippen LogP contribution in [0.1, 0.15) is 66.4 Å². The van der Waals surface area contributed by atoms with Crippen LogP contribution in [0.5, 0.6) is 11.5 Å². The first-order valence-electron chi connectivity index (χ1n) is 12.4. The third-order valence-electron chi connectivity index (χ3n) is 4.48. The van der Waals surface area contributed by atoms with Gasteiger partial charge >= 0.3 is 12.2 Å². The monoisotopic (exact) mass is 534 g/mol. The van der Waals surface area contributed by atoms with Crippen molar-refractivity contribution in [2.45, 2.75) is 72.0 Å². The summed E-state index contributed by atoms with van der Waals surface area (Å²) in [6.07, 6.45) is 3.86. The normalized spacial score (nSPS) is 11.4. The summed E-state index contributed by atoms with van der Waals surface area (Å²) in [5.74, 6) is 0.945. The predicted molar refractivity (Wildman–Crippen MR) is 146 cm³/mol. The second-order valence-corrected chi connectivity index (χ2v) is 10.3. The molecule has 0 bridgehead atoms. The Balaban J connectivity index is 2.49. The number of aliphatic imine (C=N–C) groups is 1. The molecule has 11 nitrogen and oxygen atoms in total. The van der Waals surface area contributed by atoms with E-state index in [9.17, 15) is 14.4 Å². The number of carbonyl (C=O) groups excluding carboxylic acids is 3. The van der Waals surface area contributed by atoms with E-state index >= 15 is 0 Å². The fourth-order valence-corrected chi connectivity index (χ4v) is 2.91. The molecule has 0 fully saturated rings. The summed E-state index contributed by atoms with van der Waals surface area (Å²) in [4.78, 5) is 40.6. The van der Waals surface area contributed by atoms with Gasteiger partial charge in [0.25, 0.3) is 0 Å². The summed E-state index contributed by atoms with van der Waals surface area (Å²) in [7, 11) is 3.12. The highest BCUT2D eigenvalue weighted by molar-refractivity contribution is 6.01. The number of nitrogens with zero attached hydrogens (tertiary/aromatic N) is 1. The van der Waals surface area contributed by atoms with E-state index in [1.54, 1.807) is 74.0 Å². The molecule has 0 saturated carbocycles. The van der Waals surface area contributed by atoms with Crippen molar-refractivity contribution in [3.05, 3.63) is 29.8 Å². The molecule has 11 heteroatoms. The topological polar surface area (TPSA) is 137 Å². The number of methoxy groups -OCH3 is 2. The van der Waals surface area contributed by atoms with Crippen LogP contribution in [0.4, 0.5) is 9.59 Å². The number of carbonyl (C=O) groups is 3. The van der Waals surface area contributed by atoms with Crippen LogP contribution in [0.15, 0.2) is 29.3 Å². The lowest BCUT2D eigenvalue weighted by Gasteiger charge is -2.22. The predicted octanol–water partition coefficient (Wildman–Crippen LogP) is 4.41. The number of guanidine groups is 1. The van der Waals surface area contributed by atoms with E-state index in [1.165, 1.54) is 6.08 Å². The van der Waals surface area contributed by atoms with Gasteiger partial charge in [0, 0.05) is 19.2 Å². The van der Waals surface area contributed by atoms with Gasteiger partial charge in [-0.1, -0.05) is 6.07 Å². The van der Waals surface area contributed by atoms with Crippen LogP contribution in [0.3, 0.4) is 0 Å². The van der Waals surface area contributed by atoms with E-state index in [4.69, 9.17) is 18.9 Å². The third kappa shape index (κ3) is 14.7. The average Bonchev–Trinajstić information content (AvgIpc) is 2.79. The van der Waals surface area contributed by atoms with E-state index < -0.39 is 23.4 Å². The Hall–Kier alpha value is -3.76. The number of hydrogen-bond donors (Lipinski definition) is 3. The van der Waals surface area contributed by atoms with Gasteiger partial charge in [-0.15, -0.1) is 0 Å². The molecule has 0 aliphatic carbocycles. The summed E-state index contributed by atoms with van der Waals surface area (Å²) < 4.78 is 20.9. The van der Waals surface area contributed by atoms with Crippen LogP contribution in [-0.2, 0) is 14.3 Å². The highest BCUT2D eigenvalue weighted by Crippen LogP contribution is 2.27. The van der Waals surface area contributed by atoms with Gasteiger partial charge < -0.3 is 24.3 Å². The molecule has 0 aromatic heterocycles. The summed E-state index contributed by atoms with van der Waals surface area (Å²) >= 11 is 0. The molecule has 1 aromatic rings. The molecule has 0 aliphatic rings. The van der Waals surface area contributed by atoms with Crippen LogP contribution >= 0.6 is 0 Å². The van der Waals surface area contributed by atoms with E-state index in [1.807, 2.05) is 6.07 Å². The first kappa shape index (κ1) is 32.3. The lowest BCUT2D eigenvalue weighted by atomic mass is 10.2. The van der Waals surface area contributed by atoms with Crippen LogP contribution in [0.25, 0.3) is 6.08 Å². The van der Waals surface area contributed by atoms with Crippen molar-refractivity contribution in [3.63, 3.8) is 0 Å². The highest BCUT2D eigenvalue weighted by Gasteiger charge is 2.21. The van der Waals surface area contributed by atoms with Gasteiger partial charge in [-0.3, -0.25) is 20.4 Å². The molecule has 3 amide bonds. The van der Waals surface area contributed by atoms with E-state index in [0.717, 1.165) is 18.4 Å². The number of rotatable bonds is 10. The molecule has 0 unspecified atom stereocenters. The molecule has 0 spiro atoms. The van der Waals surface area contributed by atoms with Crippen molar-refractivity contribution >= 4 is 30.1 Å². The Kier molecular flexibility index (Phi) is 13.1.